The summed E-state index contributed by atoms with van der Waals surface area (Å²) in [6, 6.07) is 12.7. The molecule has 0 unspecified atom stereocenters. The highest BCUT2D eigenvalue weighted by molar-refractivity contribution is 5.41. The Morgan fingerprint density at radius 2 is 1.88 bits per heavy atom. The maximum Gasteiger partial charge on any atom is 0.260 e. The van der Waals surface area contributed by atoms with E-state index in [-0.39, 0.29) is 30.0 Å². The number of aliphatic hydroxyl groups is 1. The lowest BCUT2D eigenvalue weighted by atomic mass is 9.95. The number of pyridine rings is 2. The van der Waals surface area contributed by atoms with Gasteiger partial charge in [0.15, 0.2) is 0 Å². The number of hydrogen-bond donors (Lipinski definition) is 2. The lowest BCUT2D eigenvalue weighted by molar-refractivity contribution is 0.0931. The molecule has 3 heterocycles. The highest BCUT2D eigenvalue weighted by Gasteiger charge is 2.31. The molecule has 4 rings (SSSR count). The second-order valence-electron chi connectivity index (χ2n) is 8.36. The van der Waals surface area contributed by atoms with Gasteiger partial charge in [-0.1, -0.05) is 18.2 Å². The number of halogens is 1. The molecule has 2 aromatic heterocycles. The summed E-state index contributed by atoms with van der Waals surface area (Å²) in [4.78, 5) is 22.3. The molecule has 1 saturated heterocycles. The number of piperazine rings is 1. The van der Waals surface area contributed by atoms with E-state index in [9.17, 15) is 19.4 Å². The Morgan fingerprint density at radius 3 is 2.55 bits per heavy atom. The number of aliphatic hydroxyl groups excluding tert-OH is 1. The minimum absolute atomic E-state index is 0.0876. The topological polar surface area (TPSA) is 81.8 Å². The van der Waals surface area contributed by atoms with Crippen LogP contribution in [0.1, 0.15) is 28.6 Å². The molecule has 0 radical (unpaired) electrons. The van der Waals surface area contributed by atoms with E-state index in [2.05, 4.69) is 14.8 Å². The van der Waals surface area contributed by atoms with Crippen LogP contribution in [0.5, 0.6) is 5.75 Å². The fraction of sp³-hybridized carbons (Fsp3) is 0.360. The van der Waals surface area contributed by atoms with Crippen molar-refractivity contribution in [1.29, 1.82) is 0 Å². The predicted molar refractivity (Wildman–Crippen MR) is 124 cm³/mol. The van der Waals surface area contributed by atoms with Crippen molar-refractivity contribution in [2.75, 3.05) is 39.3 Å². The van der Waals surface area contributed by atoms with Gasteiger partial charge in [-0.15, -0.1) is 0 Å². The van der Waals surface area contributed by atoms with Gasteiger partial charge in [0.25, 0.3) is 5.56 Å². The summed E-state index contributed by atoms with van der Waals surface area (Å²) in [7, 11) is 0. The van der Waals surface area contributed by atoms with Crippen molar-refractivity contribution in [2.24, 2.45) is 0 Å². The standard InChI is InChI=1S/C25H29FN4O3/c1-18-15-22(32)23(25(33)30(18)17-21-7-2-3-8-27-21)24(19-5-4-6-20(26)16-19)29-11-9-28(10-12-29)13-14-31/h2-8,15-16,24,31-32H,9-14,17H2,1H3/t24-/m1/s1. The Morgan fingerprint density at radius 1 is 1.09 bits per heavy atom. The SMILES string of the molecule is Cc1cc(O)c([C@@H](c2cccc(F)c2)N2CCN(CCO)CC2)c(=O)n1Cc1ccccn1. The van der Waals surface area contributed by atoms with Gasteiger partial charge >= 0.3 is 0 Å². The second kappa shape index (κ2) is 10.2. The average Bonchev–Trinajstić information content (AvgIpc) is 2.81. The lowest BCUT2D eigenvalue weighted by Gasteiger charge is -2.39. The summed E-state index contributed by atoms with van der Waals surface area (Å²) < 4.78 is 15.8. The Hall–Kier alpha value is -3.07. The van der Waals surface area contributed by atoms with Crippen LogP contribution in [0.25, 0.3) is 0 Å². The van der Waals surface area contributed by atoms with Gasteiger partial charge in [0, 0.05) is 44.6 Å². The van der Waals surface area contributed by atoms with Crippen molar-refractivity contribution < 1.29 is 14.6 Å². The van der Waals surface area contributed by atoms with Crippen LogP contribution in [0.3, 0.4) is 0 Å². The van der Waals surface area contributed by atoms with Gasteiger partial charge in [-0.3, -0.25) is 19.6 Å². The quantitative estimate of drug-likeness (QED) is 0.572. The molecule has 33 heavy (non-hydrogen) atoms. The third kappa shape index (κ3) is 5.13. The van der Waals surface area contributed by atoms with Gasteiger partial charge in [0.2, 0.25) is 0 Å². The molecular weight excluding hydrogens is 423 g/mol. The Labute approximate surface area is 192 Å². The molecule has 3 aromatic rings. The van der Waals surface area contributed by atoms with E-state index < -0.39 is 11.9 Å². The molecule has 8 heteroatoms. The zero-order valence-electron chi connectivity index (χ0n) is 18.7. The molecule has 7 nitrogen and oxygen atoms in total. The maximum absolute atomic E-state index is 14.2. The van der Waals surface area contributed by atoms with Gasteiger partial charge in [-0.05, 0) is 42.8 Å². The van der Waals surface area contributed by atoms with Gasteiger partial charge in [0.05, 0.1) is 30.5 Å². The van der Waals surface area contributed by atoms with Crippen LogP contribution in [-0.2, 0) is 6.54 Å². The Bertz CT molecular complexity index is 1140. The zero-order chi connectivity index (χ0) is 23.4. The van der Waals surface area contributed by atoms with Crippen molar-refractivity contribution in [3.63, 3.8) is 0 Å². The molecule has 2 N–H and O–H groups in total. The summed E-state index contributed by atoms with van der Waals surface area (Å²) in [5.41, 5.74) is 1.89. The molecular formula is C25H29FN4O3. The number of benzene rings is 1. The molecule has 0 bridgehead atoms. The summed E-state index contributed by atoms with van der Waals surface area (Å²) in [6.45, 7) is 5.39. The summed E-state index contributed by atoms with van der Waals surface area (Å²) in [5.74, 6) is -0.487. The Kier molecular flexibility index (Phi) is 7.17. The number of aryl methyl sites for hydroxylation is 1. The number of hydrogen-bond acceptors (Lipinski definition) is 6. The highest BCUT2D eigenvalue weighted by Crippen LogP contribution is 2.33. The third-order valence-electron chi connectivity index (χ3n) is 6.20. The number of rotatable bonds is 7. The summed E-state index contributed by atoms with van der Waals surface area (Å²) in [5, 5.41) is 20.2. The number of β-amino-alcohol motifs (C(OH)–C–C–N with tert-alkyl or cyclic N) is 1. The van der Waals surface area contributed by atoms with Crippen LogP contribution >= 0.6 is 0 Å². The smallest absolute Gasteiger partial charge is 0.260 e. The molecule has 0 spiro atoms. The van der Waals surface area contributed by atoms with E-state index >= 15 is 0 Å². The van der Waals surface area contributed by atoms with E-state index in [1.54, 1.807) is 35.9 Å². The summed E-state index contributed by atoms with van der Waals surface area (Å²) in [6.07, 6.45) is 1.68. The molecule has 174 valence electrons. The first-order valence-corrected chi connectivity index (χ1v) is 11.1. The number of aromatic hydroxyl groups is 1. The van der Waals surface area contributed by atoms with Crippen LogP contribution in [0, 0.1) is 12.7 Å². The molecule has 1 fully saturated rings. The molecule has 0 saturated carbocycles. The van der Waals surface area contributed by atoms with Crippen molar-refractivity contribution in [3.05, 3.63) is 93.4 Å². The second-order valence-corrected chi connectivity index (χ2v) is 8.36. The van der Waals surface area contributed by atoms with Crippen LogP contribution in [-0.4, -0.2) is 68.9 Å². The zero-order valence-corrected chi connectivity index (χ0v) is 18.7. The van der Waals surface area contributed by atoms with Crippen LogP contribution in [0.4, 0.5) is 4.39 Å². The largest absolute Gasteiger partial charge is 0.507 e. The third-order valence-corrected chi connectivity index (χ3v) is 6.20. The van der Waals surface area contributed by atoms with E-state index in [0.29, 0.717) is 44.0 Å². The minimum atomic E-state index is -0.597. The molecule has 1 aliphatic heterocycles. The van der Waals surface area contributed by atoms with E-state index in [0.717, 1.165) is 5.69 Å². The van der Waals surface area contributed by atoms with Crippen molar-refractivity contribution >= 4 is 0 Å². The first-order valence-electron chi connectivity index (χ1n) is 11.1. The monoisotopic (exact) mass is 452 g/mol. The lowest BCUT2D eigenvalue weighted by Crippen LogP contribution is -2.49. The fourth-order valence-corrected chi connectivity index (χ4v) is 4.50. The molecule has 1 aromatic carbocycles. The van der Waals surface area contributed by atoms with Crippen LogP contribution in [0.15, 0.2) is 59.5 Å². The number of nitrogens with zero attached hydrogens (tertiary/aromatic N) is 4. The normalized spacial score (nSPS) is 16.1. The first kappa shape index (κ1) is 23.1. The fourth-order valence-electron chi connectivity index (χ4n) is 4.50. The van der Waals surface area contributed by atoms with Crippen molar-refractivity contribution in [2.45, 2.75) is 19.5 Å². The van der Waals surface area contributed by atoms with E-state index in [1.165, 1.54) is 12.1 Å². The Balaban J connectivity index is 1.78. The van der Waals surface area contributed by atoms with Crippen molar-refractivity contribution in [3.8, 4) is 5.75 Å². The van der Waals surface area contributed by atoms with E-state index in [4.69, 9.17) is 0 Å². The molecule has 1 atom stereocenters. The average molecular weight is 453 g/mol. The van der Waals surface area contributed by atoms with E-state index in [1.807, 2.05) is 18.2 Å². The van der Waals surface area contributed by atoms with Gasteiger partial charge < -0.3 is 14.8 Å². The maximum atomic E-state index is 14.2. The molecule has 0 amide bonds. The highest BCUT2D eigenvalue weighted by atomic mass is 19.1. The van der Waals surface area contributed by atoms with Crippen LogP contribution in [0.2, 0.25) is 0 Å². The van der Waals surface area contributed by atoms with Crippen molar-refractivity contribution in [1.82, 2.24) is 19.4 Å². The predicted octanol–water partition coefficient (Wildman–Crippen LogP) is 2.14. The van der Waals surface area contributed by atoms with Gasteiger partial charge in [-0.2, -0.15) is 0 Å². The van der Waals surface area contributed by atoms with Gasteiger partial charge in [0.1, 0.15) is 11.6 Å². The summed E-state index contributed by atoms with van der Waals surface area (Å²) >= 11 is 0. The van der Waals surface area contributed by atoms with Gasteiger partial charge in [-0.25, -0.2) is 4.39 Å². The van der Waals surface area contributed by atoms with Crippen LogP contribution < -0.4 is 5.56 Å². The molecule has 0 aliphatic carbocycles. The first-order chi connectivity index (χ1) is 16.0. The molecule has 1 aliphatic rings. The minimum Gasteiger partial charge on any atom is -0.507 e. The number of aromatic nitrogens is 2.